The number of carbonyl (C=O) groups is 2. The van der Waals surface area contributed by atoms with E-state index in [1.54, 1.807) is 42.5 Å². The Balaban J connectivity index is 2.11. The number of ketones is 1. The first kappa shape index (κ1) is 22.4. The molecule has 0 aliphatic carbocycles. The minimum atomic E-state index is -2.52. The Bertz CT molecular complexity index is 1150. The van der Waals surface area contributed by atoms with E-state index < -0.39 is 19.1 Å². The highest BCUT2D eigenvalue weighted by Crippen LogP contribution is 2.35. The Labute approximate surface area is 182 Å². The van der Waals surface area contributed by atoms with Crippen LogP contribution in [-0.4, -0.2) is 25.5 Å². The number of methoxy groups -OCH3 is 2. The second-order valence-electron chi connectivity index (χ2n) is 7.26. The third-order valence-corrected chi connectivity index (χ3v) is 6.52. The summed E-state index contributed by atoms with van der Waals surface area (Å²) in [5.74, 6) is 0.259. The Hall–Kier alpha value is -3.30. The van der Waals surface area contributed by atoms with Crippen LogP contribution in [0.4, 0.5) is 0 Å². The van der Waals surface area contributed by atoms with Gasteiger partial charge in [0.15, 0.2) is 7.80 Å². The van der Waals surface area contributed by atoms with E-state index in [0.29, 0.717) is 17.1 Å². The van der Waals surface area contributed by atoms with E-state index in [4.69, 9.17) is 9.47 Å². The van der Waals surface area contributed by atoms with Crippen molar-refractivity contribution in [2.24, 2.45) is 0 Å². The van der Waals surface area contributed by atoms with Crippen molar-refractivity contribution in [2.45, 2.75) is 20.8 Å². The molecule has 3 aromatic rings. The van der Waals surface area contributed by atoms with Gasteiger partial charge in [-0.1, -0.05) is 35.9 Å². The van der Waals surface area contributed by atoms with Gasteiger partial charge >= 0.3 is 0 Å². The largest absolute Gasteiger partial charge is 0.496 e. The number of hydrogen-bond acceptors (Lipinski definition) is 5. The van der Waals surface area contributed by atoms with Gasteiger partial charge in [-0.05, 0) is 56.2 Å². The van der Waals surface area contributed by atoms with Gasteiger partial charge < -0.3 is 9.47 Å². The van der Waals surface area contributed by atoms with Crippen molar-refractivity contribution in [2.75, 3.05) is 14.2 Å². The molecule has 0 fully saturated rings. The molecule has 1 atom stereocenters. The summed E-state index contributed by atoms with van der Waals surface area (Å²) in [5.41, 5.74) is 2.91. The van der Waals surface area contributed by atoms with Crippen molar-refractivity contribution in [3.05, 3.63) is 88.0 Å². The molecule has 0 saturated carbocycles. The fraction of sp³-hybridized carbons (Fsp3) is 0.200. The minimum Gasteiger partial charge on any atom is -0.496 e. The first-order valence-corrected chi connectivity index (χ1v) is 11.0. The molecule has 31 heavy (non-hydrogen) atoms. The van der Waals surface area contributed by atoms with Gasteiger partial charge in [-0.2, -0.15) is 0 Å². The zero-order valence-corrected chi connectivity index (χ0v) is 19.1. The second-order valence-corrected chi connectivity index (χ2v) is 8.73. The van der Waals surface area contributed by atoms with E-state index in [-0.39, 0.29) is 16.4 Å². The lowest BCUT2D eigenvalue weighted by atomic mass is 10.0. The summed E-state index contributed by atoms with van der Waals surface area (Å²) in [5, 5.41) is 0.194. The lowest BCUT2D eigenvalue weighted by Crippen LogP contribution is -2.17. The van der Waals surface area contributed by atoms with Crippen LogP contribution >= 0.6 is 7.80 Å². The van der Waals surface area contributed by atoms with Crippen LogP contribution in [0.1, 0.15) is 43.0 Å². The van der Waals surface area contributed by atoms with Crippen LogP contribution in [0.15, 0.2) is 54.6 Å². The Kier molecular flexibility index (Phi) is 6.67. The summed E-state index contributed by atoms with van der Waals surface area (Å²) in [6.07, 6.45) is 0. The predicted molar refractivity (Wildman–Crippen MR) is 122 cm³/mol. The Morgan fingerprint density at radius 1 is 0.774 bits per heavy atom. The molecule has 0 aliphatic heterocycles. The Morgan fingerprint density at radius 3 is 1.87 bits per heavy atom. The van der Waals surface area contributed by atoms with Gasteiger partial charge in [-0.3, -0.25) is 14.2 Å². The average Bonchev–Trinajstić information content (AvgIpc) is 2.76. The van der Waals surface area contributed by atoms with Crippen molar-refractivity contribution in [3.63, 3.8) is 0 Å². The maximum atomic E-state index is 13.5. The third-order valence-electron chi connectivity index (χ3n) is 5.10. The topological polar surface area (TPSA) is 69.7 Å². The molecule has 1 unspecified atom stereocenters. The summed E-state index contributed by atoms with van der Waals surface area (Å²) in [6.45, 7) is 5.60. The van der Waals surface area contributed by atoms with Crippen LogP contribution in [-0.2, 0) is 4.57 Å². The number of benzene rings is 3. The molecular weight excluding hydrogens is 411 g/mol. The molecule has 0 aromatic heterocycles. The summed E-state index contributed by atoms with van der Waals surface area (Å²) in [7, 11) is 0.407. The fourth-order valence-electron chi connectivity index (χ4n) is 3.78. The molecule has 3 rings (SSSR count). The lowest BCUT2D eigenvalue weighted by Gasteiger charge is -2.14. The summed E-state index contributed by atoms with van der Waals surface area (Å²) < 4.78 is 24.1. The normalized spacial score (nSPS) is 11.1. The van der Waals surface area contributed by atoms with Crippen molar-refractivity contribution in [1.29, 1.82) is 0 Å². The monoisotopic (exact) mass is 435 g/mol. The molecule has 0 aliphatic rings. The molecule has 0 spiro atoms. The molecule has 0 heterocycles. The standard InChI is InChI=1S/C25H24O5P/c1-15-13-16(2)22(17(3)14-15)25(27)31(28)21-12-7-6-9-18(21)24(26)23-19(29-4)10-8-11-20(23)30-5/h6-14H,1-5H3. The summed E-state index contributed by atoms with van der Waals surface area (Å²) in [6, 6.07) is 15.3. The lowest BCUT2D eigenvalue weighted by molar-refractivity contribution is 0.103. The highest BCUT2D eigenvalue weighted by Gasteiger charge is 2.28. The molecule has 1 radical (unpaired) electrons. The number of aryl methyl sites for hydroxylation is 3. The highest BCUT2D eigenvalue weighted by molar-refractivity contribution is 7.71. The van der Waals surface area contributed by atoms with Gasteiger partial charge in [0, 0.05) is 11.1 Å². The number of rotatable bonds is 7. The van der Waals surface area contributed by atoms with E-state index in [0.717, 1.165) is 16.7 Å². The minimum absolute atomic E-state index is 0.183. The summed E-state index contributed by atoms with van der Waals surface area (Å²) >= 11 is 0. The van der Waals surface area contributed by atoms with Crippen LogP contribution in [0.2, 0.25) is 0 Å². The molecule has 0 bridgehead atoms. The average molecular weight is 435 g/mol. The van der Waals surface area contributed by atoms with Gasteiger partial charge in [0.25, 0.3) is 0 Å². The zero-order valence-electron chi connectivity index (χ0n) is 18.2. The number of ether oxygens (including phenoxy) is 2. The van der Waals surface area contributed by atoms with Crippen molar-refractivity contribution in [3.8, 4) is 11.5 Å². The number of hydrogen-bond donors (Lipinski definition) is 0. The molecule has 0 saturated heterocycles. The van der Waals surface area contributed by atoms with E-state index in [9.17, 15) is 14.2 Å². The zero-order chi connectivity index (χ0) is 22.7. The first-order valence-electron chi connectivity index (χ1n) is 9.74. The van der Waals surface area contributed by atoms with Gasteiger partial charge in [0.1, 0.15) is 17.1 Å². The van der Waals surface area contributed by atoms with E-state index in [2.05, 4.69) is 0 Å². The van der Waals surface area contributed by atoms with Gasteiger partial charge in [-0.15, -0.1) is 0 Å². The SMILES string of the molecule is COc1cccc(OC)c1C(=O)c1ccccc1[P](=O)C(=O)c1c(C)cc(C)cc1C. The molecular formula is C25H24O5P. The van der Waals surface area contributed by atoms with E-state index in [1.165, 1.54) is 14.2 Å². The predicted octanol–water partition coefficient (Wildman–Crippen LogP) is 5.15. The molecule has 0 amide bonds. The van der Waals surface area contributed by atoms with Crippen molar-refractivity contribution >= 4 is 24.4 Å². The van der Waals surface area contributed by atoms with Crippen LogP contribution in [0, 0.1) is 20.8 Å². The number of carbonyl (C=O) groups excluding carboxylic acids is 2. The van der Waals surface area contributed by atoms with Crippen LogP contribution < -0.4 is 14.8 Å². The van der Waals surface area contributed by atoms with E-state index >= 15 is 0 Å². The van der Waals surface area contributed by atoms with Crippen LogP contribution in [0.25, 0.3) is 0 Å². The first-order chi connectivity index (χ1) is 14.8. The van der Waals surface area contributed by atoms with Crippen LogP contribution in [0.3, 0.4) is 0 Å². The van der Waals surface area contributed by atoms with Crippen molar-refractivity contribution in [1.82, 2.24) is 0 Å². The van der Waals surface area contributed by atoms with Crippen molar-refractivity contribution < 1.29 is 23.6 Å². The molecule has 159 valence electrons. The highest BCUT2D eigenvalue weighted by atomic mass is 31.1. The van der Waals surface area contributed by atoms with Crippen LogP contribution in [0.5, 0.6) is 11.5 Å². The summed E-state index contributed by atoms with van der Waals surface area (Å²) in [4.78, 5) is 26.7. The molecule has 3 aromatic carbocycles. The fourth-order valence-corrected chi connectivity index (χ4v) is 5.17. The quantitative estimate of drug-likeness (QED) is 0.379. The molecule has 0 N–H and O–H groups in total. The maximum Gasteiger partial charge on any atom is 0.247 e. The molecule has 5 nitrogen and oxygen atoms in total. The second kappa shape index (κ2) is 9.23. The van der Waals surface area contributed by atoms with E-state index in [1.807, 2.05) is 32.9 Å². The third kappa shape index (κ3) is 4.28. The molecule has 6 heteroatoms. The maximum absolute atomic E-state index is 13.5. The van der Waals surface area contributed by atoms with Gasteiger partial charge in [-0.25, -0.2) is 0 Å². The van der Waals surface area contributed by atoms with Gasteiger partial charge in [0.2, 0.25) is 11.3 Å². The van der Waals surface area contributed by atoms with Gasteiger partial charge in [0.05, 0.1) is 19.5 Å². The Morgan fingerprint density at radius 2 is 1.32 bits per heavy atom. The smallest absolute Gasteiger partial charge is 0.247 e.